The molecule has 0 radical (unpaired) electrons. The smallest absolute Gasteiger partial charge is 0.123 e. The Morgan fingerprint density at radius 1 is 0.963 bits per heavy atom. The number of likely N-dealkylation sites (tertiary alicyclic amines) is 1. The van der Waals surface area contributed by atoms with Crippen LogP contribution in [0.1, 0.15) is 38.2 Å². The third-order valence-electron chi connectivity index (χ3n) is 5.84. The van der Waals surface area contributed by atoms with Crippen molar-refractivity contribution in [2.45, 2.75) is 38.6 Å². The summed E-state index contributed by atoms with van der Waals surface area (Å²) in [7, 11) is 0. The molecule has 2 aliphatic rings. The zero-order valence-corrected chi connectivity index (χ0v) is 18.9. The van der Waals surface area contributed by atoms with Crippen molar-refractivity contribution in [3.8, 4) is 0 Å². The third-order valence-corrected chi connectivity index (χ3v) is 5.84. The molecule has 1 N–H and O–H groups in total. The number of benzene rings is 1. The summed E-state index contributed by atoms with van der Waals surface area (Å²) in [6, 6.07) is 7.92. The third kappa shape index (κ3) is 7.68. The Morgan fingerprint density at radius 2 is 1.52 bits per heavy atom. The summed E-state index contributed by atoms with van der Waals surface area (Å²) in [5, 5.41) is 3.44. The van der Waals surface area contributed by atoms with Crippen LogP contribution in [0.25, 0.3) is 0 Å². The Balaban J connectivity index is 0.00000225. The van der Waals surface area contributed by atoms with Crippen LogP contribution in [0.3, 0.4) is 0 Å². The summed E-state index contributed by atoms with van der Waals surface area (Å²) in [6.45, 7) is 12.5. The van der Waals surface area contributed by atoms with E-state index in [0.29, 0.717) is 17.9 Å². The number of halogens is 4. The van der Waals surface area contributed by atoms with E-state index in [1.807, 2.05) is 12.1 Å². The van der Waals surface area contributed by atoms with E-state index < -0.39 is 0 Å². The van der Waals surface area contributed by atoms with Crippen LogP contribution < -0.4 is 5.32 Å². The molecule has 3 nitrogen and oxygen atoms in total. The summed E-state index contributed by atoms with van der Waals surface area (Å²) in [5.41, 5.74) is 1.32. The molecule has 1 unspecified atom stereocenters. The quantitative estimate of drug-likeness (QED) is 0.737. The van der Waals surface area contributed by atoms with Gasteiger partial charge in [0.15, 0.2) is 0 Å². The molecule has 2 saturated heterocycles. The Morgan fingerprint density at radius 3 is 2.04 bits per heavy atom. The molecule has 0 aliphatic carbocycles. The van der Waals surface area contributed by atoms with Crippen molar-refractivity contribution in [3.63, 3.8) is 0 Å². The van der Waals surface area contributed by atoms with E-state index in [1.165, 1.54) is 31.5 Å². The van der Waals surface area contributed by atoms with Crippen LogP contribution >= 0.6 is 37.2 Å². The maximum atomic E-state index is 13.4. The van der Waals surface area contributed by atoms with Crippen molar-refractivity contribution in [3.05, 3.63) is 35.6 Å². The molecule has 2 fully saturated rings. The lowest BCUT2D eigenvalue weighted by atomic mass is 9.79. The van der Waals surface area contributed by atoms with E-state index in [-0.39, 0.29) is 43.0 Å². The monoisotopic (exact) mass is 441 g/mol. The molecule has 1 aromatic rings. The minimum Gasteiger partial charge on any atom is -0.314 e. The second kappa shape index (κ2) is 13.2. The molecule has 158 valence electrons. The SMILES string of the molecule is CC(C)N1CCC(C(CN2CCNCC2)c2ccc(F)cc2)CC1.Cl.Cl.Cl. The van der Waals surface area contributed by atoms with Gasteiger partial charge in [-0.25, -0.2) is 4.39 Å². The highest BCUT2D eigenvalue weighted by molar-refractivity contribution is 5.86. The van der Waals surface area contributed by atoms with E-state index in [4.69, 9.17) is 0 Å². The van der Waals surface area contributed by atoms with Gasteiger partial charge in [-0.05, 0) is 69.3 Å². The molecule has 1 aromatic carbocycles. The van der Waals surface area contributed by atoms with Crippen molar-refractivity contribution in [1.29, 1.82) is 0 Å². The second-order valence-corrected chi connectivity index (χ2v) is 7.68. The van der Waals surface area contributed by atoms with Crippen LogP contribution in [0.5, 0.6) is 0 Å². The molecule has 2 aliphatic heterocycles. The summed E-state index contributed by atoms with van der Waals surface area (Å²) in [6.07, 6.45) is 2.51. The molecule has 0 amide bonds. The van der Waals surface area contributed by atoms with Crippen LogP contribution in [0.4, 0.5) is 4.39 Å². The van der Waals surface area contributed by atoms with Crippen molar-refractivity contribution in [2.75, 3.05) is 45.8 Å². The lowest BCUT2D eigenvalue weighted by Gasteiger charge is -2.40. The van der Waals surface area contributed by atoms with E-state index in [1.54, 1.807) is 12.1 Å². The highest BCUT2D eigenvalue weighted by atomic mass is 35.5. The summed E-state index contributed by atoms with van der Waals surface area (Å²) >= 11 is 0. The van der Waals surface area contributed by atoms with Gasteiger partial charge < -0.3 is 15.1 Å². The highest BCUT2D eigenvalue weighted by Gasteiger charge is 2.30. The van der Waals surface area contributed by atoms with Crippen LogP contribution in [0, 0.1) is 11.7 Å². The van der Waals surface area contributed by atoms with Gasteiger partial charge in [0.05, 0.1) is 0 Å². The Labute approximate surface area is 182 Å². The van der Waals surface area contributed by atoms with Crippen molar-refractivity contribution in [1.82, 2.24) is 15.1 Å². The standard InChI is InChI=1S/C20H32FN3.3ClH/c1-16(2)24-11-7-18(8-12-24)20(15-23-13-9-22-10-14-23)17-3-5-19(21)6-4-17;;;/h3-6,16,18,20,22H,7-15H2,1-2H3;3*1H. The van der Waals surface area contributed by atoms with Gasteiger partial charge in [-0.2, -0.15) is 0 Å². The summed E-state index contributed by atoms with van der Waals surface area (Å²) in [5.74, 6) is 1.10. The van der Waals surface area contributed by atoms with Gasteiger partial charge in [-0.1, -0.05) is 12.1 Å². The van der Waals surface area contributed by atoms with Gasteiger partial charge in [-0.3, -0.25) is 0 Å². The van der Waals surface area contributed by atoms with E-state index >= 15 is 0 Å². The summed E-state index contributed by atoms with van der Waals surface area (Å²) < 4.78 is 13.4. The maximum absolute atomic E-state index is 13.4. The molecule has 3 rings (SSSR count). The first-order valence-electron chi connectivity index (χ1n) is 9.56. The Hall–Kier alpha value is -0.100. The molecule has 2 heterocycles. The first-order chi connectivity index (χ1) is 11.6. The molecule has 27 heavy (non-hydrogen) atoms. The molecule has 7 heteroatoms. The number of piperidine rings is 1. The summed E-state index contributed by atoms with van der Waals surface area (Å²) in [4.78, 5) is 5.17. The van der Waals surface area contributed by atoms with Gasteiger partial charge in [0.1, 0.15) is 5.82 Å². The fourth-order valence-electron chi connectivity index (χ4n) is 4.25. The zero-order chi connectivity index (χ0) is 16.9. The van der Waals surface area contributed by atoms with E-state index in [0.717, 1.165) is 32.7 Å². The predicted molar refractivity (Wildman–Crippen MR) is 120 cm³/mol. The highest BCUT2D eigenvalue weighted by Crippen LogP contribution is 2.34. The largest absolute Gasteiger partial charge is 0.314 e. The lowest BCUT2D eigenvalue weighted by molar-refractivity contribution is 0.120. The van der Waals surface area contributed by atoms with Gasteiger partial charge in [0.2, 0.25) is 0 Å². The molecule has 0 aromatic heterocycles. The molecule has 0 spiro atoms. The maximum Gasteiger partial charge on any atom is 0.123 e. The average Bonchev–Trinajstić information content (AvgIpc) is 2.62. The van der Waals surface area contributed by atoms with Gasteiger partial charge in [-0.15, -0.1) is 37.2 Å². The average molecular weight is 443 g/mol. The topological polar surface area (TPSA) is 18.5 Å². The van der Waals surface area contributed by atoms with Gasteiger partial charge in [0, 0.05) is 38.8 Å². The lowest BCUT2D eigenvalue weighted by Crippen LogP contribution is -2.47. The molecular weight excluding hydrogens is 408 g/mol. The second-order valence-electron chi connectivity index (χ2n) is 7.68. The van der Waals surface area contributed by atoms with Crippen molar-refractivity contribution >= 4 is 37.2 Å². The van der Waals surface area contributed by atoms with Crippen LogP contribution in [-0.2, 0) is 0 Å². The van der Waals surface area contributed by atoms with Gasteiger partial charge >= 0.3 is 0 Å². The number of hydrogen-bond acceptors (Lipinski definition) is 3. The van der Waals surface area contributed by atoms with Crippen molar-refractivity contribution in [2.24, 2.45) is 5.92 Å². The minimum atomic E-state index is -0.130. The normalized spacial score (nSPS) is 20.3. The number of rotatable bonds is 5. The van der Waals surface area contributed by atoms with E-state index in [2.05, 4.69) is 29.0 Å². The number of piperazine rings is 1. The van der Waals surface area contributed by atoms with Crippen LogP contribution in [-0.4, -0.2) is 61.7 Å². The molecule has 0 bridgehead atoms. The van der Waals surface area contributed by atoms with Crippen LogP contribution in [0.2, 0.25) is 0 Å². The van der Waals surface area contributed by atoms with Crippen LogP contribution in [0.15, 0.2) is 24.3 Å². The first-order valence-corrected chi connectivity index (χ1v) is 9.56. The zero-order valence-electron chi connectivity index (χ0n) is 16.4. The Bertz CT molecular complexity index is 502. The number of nitrogens with one attached hydrogen (secondary N) is 1. The van der Waals surface area contributed by atoms with Crippen molar-refractivity contribution < 1.29 is 4.39 Å². The van der Waals surface area contributed by atoms with E-state index in [9.17, 15) is 4.39 Å². The number of hydrogen-bond donors (Lipinski definition) is 1. The molecular formula is C20H35Cl3FN3. The molecule has 1 atom stereocenters. The molecule has 0 saturated carbocycles. The minimum absolute atomic E-state index is 0. The first kappa shape index (κ1) is 26.9. The fraction of sp³-hybridized carbons (Fsp3) is 0.700. The number of nitrogens with zero attached hydrogens (tertiary/aromatic N) is 2. The predicted octanol–water partition coefficient (Wildman–Crippen LogP) is 4.20. The fourth-order valence-corrected chi connectivity index (χ4v) is 4.25. The Kier molecular flexibility index (Phi) is 13.1. The van der Waals surface area contributed by atoms with Gasteiger partial charge in [0.25, 0.3) is 0 Å².